The van der Waals surface area contributed by atoms with Gasteiger partial charge in [0.25, 0.3) is 0 Å². The lowest BCUT2D eigenvalue weighted by Crippen LogP contribution is -2.11. The van der Waals surface area contributed by atoms with Gasteiger partial charge in [-0.25, -0.2) is 9.59 Å². The monoisotopic (exact) mass is 531 g/mol. The third-order valence-corrected chi connectivity index (χ3v) is 6.02. The van der Waals surface area contributed by atoms with Gasteiger partial charge in [0.05, 0.1) is 43.1 Å². The minimum Gasteiger partial charge on any atom is -0.490 e. The molecule has 0 spiro atoms. The van der Waals surface area contributed by atoms with Gasteiger partial charge in [0.15, 0.2) is 11.5 Å². The third kappa shape index (κ3) is 5.70. The van der Waals surface area contributed by atoms with Crippen LogP contribution in [0.5, 0.6) is 23.0 Å². The number of aromatic nitrogens is 1. The Labute approximate surface area is 228 Å². The fraction of sp³-hybridized carbons (Fsp3) is 0.290. The maximum absolute atomic E-state index is 13.3. The summed E-state index contributed by atoms with van der Waals surface area (Å²) in [5.74, 6) is 0.480. The Morgan fingerprint density at radius 2 is 1.38 bits per heavy atom. The molecule has 0 radical (unpaired) electrons. The van der Waals surface area contributed by atoms with Crippen molar-refractivity contribution < 1.29 is 33.3 Å². The van der Waals surface area contributed by atoms with E-state index in [2.05, 4.69) is 0 Å². The molecule has 204 valence electrons. The first-order valence-corrected chi connectivity index (χ1v) is 13.1. The van der Waals surface area contributed by atoms with Crippen molar-refractivity contribution in [1.29, 1.82) is 0 Å². The summed E-state index contributed by atoms with van der Waals surface area (Å²) in [7, 11) is 0. The van der Waals surface area contributed by atoms with Crippen molar-refractivity contribution in [2.75, 3.05) is 26.4 Å². The normalized spacial score (nSPS) is 10.8. The standard InChI is InChI=1S/C31H33NO7/c1-6-35-26-17-21(18-27(36-7-2)29(26)37-8-3)30(33)39-23-15-16-25-24(19-23)28(31(34)38-9-4)20(5)32(25)22-13-11-10-12-14-22/h10-19H,6-9H2,1-5H3. The molecular formula is C31H33NO7. The minimum atomic E-state index is -0.601. The highest BCUT2D eigenvalue weighted by Crippen LogP contribution is 2.40. The molecule has 1 aromatic heterocycles. The molecule has 0 aliphatic carbocycles. The van der Waals surface area contributed by atoms with E-state index in [4.69, 9.17) is 23.7 Å². The summed E-state index contributed by atoms with van der Waals surface area (Å²) in [6, 6.07) is 18.1. The number of para-hydroxylation sites is 1. The van der Waals surface area contributed by atoms with Crippen LogP contribution < -0.4 is 18.9 Å². The van der Waals surface area contributed by atoms with Crippen molar-refractivity contribution >= 4 is 22.8 Å². The predicted molar refractivity (Wildman–Crippen MR) is 149 cm³/mol. The van der Waals surface area contributed by atoms with Crippen molar-refractivity contribution in [3.63, 3.8) is 0 Å². The van der Waals surface area contributed by atoms with E-state index >= 15 is 0 Å². The van der Waals surface area contributed by atoms with E-state index in [1.165, 1.54) is 0 Å². The molecule has 0 saturated carbocycles. The van der Waals surface area contributed by atoms with Crippen LogP contribution in [0.3, 0.4) is 0 Å². The van der Waals surface area contributed by atoms with Crippen LogP contribution in [0.2, 0.25) is 0 Å². The summed E-state index contributed by atoms with van der Waals surface area (Å²) in [5, 5.41) is 0.622. The molecule has 8 heteroatoms. The van der Waals surface area contributed by atoms with Gasteiger partial charge < -0.3 is 28.3 Å². The van der Waals surface area contributed by atoms with Crippen molar-refractivity contribution in [1.82, 2.24) is 4.57 Å². The zero-order chi connectivity index (χ0) is 27.9. The van der Waals surface area contributed by atoms with Crippen molar-refractivity contribution in [3.05, 3.63) is 77.5 Å². The molecule has 0 aliphatic heterocycles. The highest BCUT2D eigenvalue weighted by molar-refractivity contribution is 6.07. The fourth-order valence-corrected chi connectivity index (χ4v) is 4.50. The van der Waals surface area contributed by atoms with Gasteiger partial charge in [-0.15, -0.1) is 0 Å². The molecule has 3 aromatic carbocycles. The number of carbonyl (C=O) groups is 2. The average Bonchev–Trinajstić information content (AvgIpc) is 3.22. The Morgan fingerprint density at radius 3 is 1.97 bits per heavy atom. The van der Waals surface area contributed by atoms with E-state index in [9.17, 15) is 9.59 Å². The van der Waals surface area contributed by atoms with Gasteiger partial charge in [0, 0.05) is 16.8 Å². The maximum Gasteiger partial charge on any atom is 0.343 e. The first-order chi connectivity index (χ1) is 18.9. The number of rotatable bonds is 11. The quantitative estimate of drug-likeness (QED) is 0.161. The molecule has 0 saturated heterocycles. The van der Waals surface area contributed by atoms with Crippen LogP contribution in [0.1, 0.15) is 54.1 Å². The number of nitrogens with zero attached hydrogens (tertiary/aromatic N) is 1. The number of fused-ring (bicyclic) bond motifs is 1. The third-order valence-electron chi connectivity index (χ3n) is 6.02. The Bertz CT molecular complexity index is 1450. The molecule has 0 bridgehead atoms. The topological polar surface area (TPSA) is 85.2 Å². The summed E-state index contributed by atoms with van der Waals surface area (Å²) in [5.41, 5.74) is 3.09. The van der Waals surface area contributed by atoms with Gasteiger partial charge in [0.2, 0.25) is 5.75 Å². The zero-order valence-corrected chi connectivity index (χ0v) is 22.9. The number of benzene rings is 3. The van der Waals surface area contributed by atoms with Crippen LogP contribution in [0.4, 0.5) is 0 Å². The van der Waals surface area contributed by atoms with E-state index in [0.29, 0.717) is 48.0 Å². The van der Waals surface area contributed by atoms with E-state index in [0.717, 1.165) is 16.9 Å². The minimum absolute atomic E-state index is 0.243. The highest BCUT2D eigenvalue weighted by atomic mass is 16.5. The lowest BCUT2D eigenvalue weighted by atomic mass is 10.1. The lowest BCUT2D eigenvalue weighted by Gasteiger charge is -2.17. The molecule has 1 heterocycles. The van der Waals surface area contributed by atoms with Crippen LogP contribution in [0.15, 0.2) is 60.7 Å². The Kier molecular flexibility index (Phi) is 8.76. The zero-order valence-electron chi connectivity index (χ0n) is 22.9. The second-order valence-corrected chi connectivity index (χ2v) is 8.52. The van der Waals surface area contributed by atoms with Crippen LogP contribution in [-0.4, -0.2) is 42.9 Å². The second-order valence-electron chi connectivity index (χ2n) is 8.52. The Morgan fingerprint density at radius 1 is 0.744 bits per heavy atom. The first kappa shape index (κ1) is 27.6. The fourth-order valence-electron chi connectivity index (χ4n) is 4.50. The second kappa shape index (κ2) is 12.4. The summed E-state index contributed by atoms with van der Waals surface area (Å²) in [4.78, 5) is 26.3. The van der Waals surface area contributed by atoms with E-state index < -0.39 is 11.9 Å². The van der Waals surface area contributed by atoms with Gasteiger partial charge in [-0.1, -0.05) is 18.2 Å². The number of hydrogen-bond acceptors (Lipinski definition) is 7. The van der Waals surface area contributed by atoms with Crippen molar-refractivity contribution in [3.8, 4) is 28.7 Å². The molecule has 0 N–H and O–H groups in total. The summed E-state index contributed by atoms with van der Waals surface area (Å²) in [6.45, 7) is 10.6. The number of ether oxygens (including phenoxy) is 5. The SMILES string of the molecule is CCOC(=O)c1c(C)n(-c2ccccc2)c2ccc(OC(=O)c3cc(OCC)c(OCC)c(OCC)c3)cc12. The molecular weight excluding hydrogens is 498 g/mol. The molecule has 39 heavy (non-hydrogen) atoms. The molecule has 0 amide bonds. The van der Waals surface area contributed by atoms with Crippen LogP contribution in [0, 0.1) is 6.92 Å². The van der Waals surface area contributed by atoms with Crippen LogP contribution >= 0.6 is 0 Å². The molecule has 0 aliphatic rings. The predicted octanol–water partition coefficient (Wildman–Crippen LogP) is 6.53. The Balaban J connectivity index is 1.76. The van der Waals surface area contributed by atoms with E-state index in [-0.39, 0.29) is 17.9 Å². The smallest absolute Gasteiger partial charge is 0.343 e. The highest BCUT2D eigenvalue weighted by Gasteiger charge is 2.24. The Hall–Kier alpha value is -4.46. The van der Waals surface area contributed by atoms with Gasteiger partial charge in [-0.2, -0.15) is 0 Å². The summed E-state index contributed by atoms with van der Waals surface area (Å²) < 4.78 is 30.3. The molecule has 4 aromatic rings. The van der Waals surface area contributed by atoms with Gasteiger partial charge in [-0.05, 0) is 77.1 Å². The number of carbonyl (C=O) groups excluding carboxylic acids is 2. The average molecular weight is 532 g/mol. The maximum atomic E-state index is 13.3. The molecule has 4 rings (SSSR count). The van der Waals surface area contributed by atoms with E-state index in [1.807, 2.05) is 68.7 Å². The van der Waals surface area contributed by atoms with Crippen molar-refractivity contribution in [2.45, 2.75) is 34.6 Å². The molecule has 0 fully saturated rings. The summed E-state index contributed by atoms with van der Waals surface area (Å²) in [6.07, 6.45) is 0. The first-order valence-electron chi connectivity index (χ1n) is 13.1. The van der Waals surface area contributed by atoms with Crippen molar-refractivity contribution in [2.24, 2.45) is 0 Å². The van der Waals surface area contributed by atoms with Crippen LogP contribution in [0.25, 0.3) is 16.6 Å². The van der Waals surface area contributed by atoms with Gasteiger partial charge in [-0.3, -0.25) is 0 Å². The largest absolute Gasteiger partial charge is 0.490 e. The number of esters is 2. The summed E-state index contributed by atoms with van der Waals surface area (Å²) >= 11 is 0. The van der Waals surface area contributed by atoms with E-state index in [1.54, 1.807) is 31.2 Å². The number of hydrogen-bond donors (Lipinski definition) is 0. The van der Waals surface area contributed by atoms with Gasteiger partial charge >= 0.3 is 11.9 Å². The molecule has 8 nitrogen and oxygen atoms in total. The lowest BCUT2D eigenvalue weighted by molar-refractivity contribution is 0.0527. The van der Waals surface area contributed by atoms with Gasteiger partial charge in [0.1, 0.15) is 5.75 Å². The molecule has 0 atom stereocenters. The molecule has 0 unspecified atom stereocenters. The van der Waals surface area contributed by atoms with Crippen LogP contribution in [-0.2, 0) is 4.74 Å².